The van der Waals surface area contributed by atoms with Crippen LogP contribution in [0.25, 0.3) is 0 Å². The zero-order chi connectivity index (χ0) is 9.00. The number of benzene rings is 1. The lowest BCUT2D eigenvalue weighted by Crippen LogP contribution is -2.11. The van der Waals surface area contributed by atoms with Gasteiger partial charge in [-0.3, -0.25) is 0 Å². The van der Waals surface area contributed by atoms with E-state index in [1.165, 1.54) is 6.07 Å². The van der Waals surface area contributed by atoms with E-state index in [-0.39, 0.29) is 17.5 Å². The van der Waals surface area contributed by atoms with Crippen molar-refractivity contribution in [2.45, 2.75) is 12.3 Å². The molecule has 13 heavy (non-hydrogen) atoms. The summed E-state index contributed by atoms with van der Waals surface area (Å²) in [5.74, 6) is -0.00708. The highest BCUT2D eigenvalue weighted by Crippen LogP contribution is 2.54. The second-order valence-corrected chi connectivity index (χ2v) is 3.69. The zero-order valence-corrected chi connectivity index (χ0v) is 6.89. The van der Waals surface area contributed by atoms with E-state index in [0.717, 1.165) is 12.5 Å². The molecule has 3 heteroatoms. The van der Waals surface area contributed by atoms with Crippen LogP contribution in [0.15, 0.2) is 12.1 Å². The summed E-state index contributed by atoms with van der Waals surface area (Å²) in [6.45, 7) is 0.540. The third-order valence-electron chi connectivity index (χ3n) is 2.83. The summed E-state index contributed by atoms with van der Waals surface area (Å²) in [7, 11) is 0. The Morgan fingerprint density at radius 3 is 2.85 bits per heavy atom. The van der Waals surface area contributed by atoms with Crippen molar-refractivity contribution >= 4 is 0 Å². The van der Waals surface area contributed by atoms with Crippen LogP contribution in [0.1, 0.15) is 17.9 Å². The van der Waals surface area contributed by atoms with Crippen molar-refractivity contribution in [1.82, 2.24) is 0 Å². The van der Waals surface area contributed by atoms with E-state index in [0.29, 0.717) is 18.1 Å². The van der Waals surface area contributed by atoms with Crippen molar-refractivity contribution in [1.29, 1.82) is 0 Å². The first-order valence-electron chi connectivity index (χ1n) is 4.38. The minimum atomic E-state index is -0.443. The summed E-state index contributed by atoms with van der Waals surface area (Å²) in [4.78, 5) is 0. The number of halogens is 2. The number of fused-ring (bicyclic) bond motifs is 3. The van der Waals surface area contributed by atoms with Crippen molar-refractivity contribution in [3.63, 3.8) is 0 Å². The van der Waals surface area contributed by atoms with Gasteiger partial charge in [-0.05, 0) is 24.5 Å². The number of hydrogen-bond acceptors (Lipinski definition) is 1. The lowest BCUT2D eigenvalue weighted by molar-refractivity contribution is 0.261. The van der Waals surface area contributed by atoms with Crippen LogP contribution in [0.4, 0.5) is 8.78 Å². The molecule has 1 aliphatic carbocycles. The van der Waals surface area contributed by atoms with E-state index in [1.54, 1.807) is 0 Å². The van der Waals surface area contributed by atoms with E-state index in [1.807, 2.05) is 0 Å². The largest absolute Gasteiger partial charge is 0.490 e. The molecule has 1 aromatic rings. The smallest absolute Gasteiger partial charge is 0.165 e. The van der Waals surface area contributed by atoms with Crippen molar-refractivity contribution < 1.29 is 13.5 Å². The Morgan fingerprint density at radius 1 is 1.23 bits per heavy atom. The normalized spacial score (nSPS) is 28.8. The number of rotatable bonds is 0. The van der Waals surface area contributed by atoms with Crippen molar-refractivity contribution in [3.05, 3.63) is 29.3 Å². The Kier molecular flexibility index (Phi) is 1.25. The zero-order valence-electron chi connectivity index (χ0n) is 6.89. The van der Waals surface area contributed by atoms with Crippen molar-refractivity contribution in [3.8, 4) is 5.75 Å². The summed E-state index contributed by atoms with van der Waals surface area (Å²) >= 11 is 0. The van der Waals surface area contributed by atoms with Gasteiger partial charge >= 0.3 is 0 Å². The van der Waals surface area contributed by atoms with E-state index in [9.17, 15) is 8.78 Å². The van der Waals surface area contributed by atoms with E-state index in [2.05, 4.69) is 0 Å². The molecule has 1 aromatic carbocycles. The molecule has 2 aliphatic rings. The van der Waals surface area contributed by atoms with Gasteiger partial charge in [0.1, 0.15) is 5.82 Å². The van der Waals surface area contributed by atoms with Gasteiger partial charge in [-0.15, -0.1) is 0 Å². The monoisotopic (exact) mass is 182 g/mol. The fraction of sp³-hybridized carbons (Fsp3) is 0.400. The van der Waals surface area contributed by atoms with Gasteiger partial charge in [0.25, 0.3) is 0 Å². The van der Waals surface area contributed by atoms with E-state index in [4.69, 9.17) is 4.74 Å². The van der Waals surface area contributed by atoms with Crippen LogP contribution in [0.3, 0.4) is 0 Å². The summed E-state index contributed by atoms with van der Waals surface area (Å²) in [5.41, 5.74) is 0.455. The molecule has 68 valence electrons. The van der Waals surface area contributed by atoms with Crippen LogP contribution in [0.2, 0.25) is 0 Å². The minimum Gasteiger partial charge on any atom is -0.490 e. The highest BCUT2D eigenvalue weighted by molar-refractivity contribution is 5.44. The lowest BCUT2D eigenvalue weighted by atomic mass is 10.1. The summed E-state index contributed by atoms with van der Waals surface area (Å²) in [6, 6.07) is 2.30. The maximum Gasteiger partial charge on any atom is 0.165 e. The second-order valence-electron chi connectivity index (χ2n) is 3.69. The predicted octanol–water partition coefficient (Wildman–Crippen LogP) is 2.46. The van der Waals surface area contributed by atoms with Crippen LogP contribution in [0.5, 0.6) is 5.75 Å². The molecule has 0 spiro atoms. The average molecular weight is 182 g/mol. The Hall–Kier alpha value is -1.12. The van der Waals surface area contributed by atoms with Crippen LogP contribution >= 0.6 is 0 Å². The van der Waals surface area contributed by atoms with Gasteiger partial charge in [0.15, 0.2) is 11.6 Å². The molecule has 1 heterocycles. The maximum absolute atomic E-state index is 13.3. The van der Waals surface area contributed by atoms with Gasteiger partial charge in [0.05, 0.1) is 6.61 Å². The topological polar surface area (TPSA) is 9.23 Å². The summed E-state index contributed by atoms with van der Waals surface area (Å²) in [5, 5.41) is 0. The molecule has 0 amide bonds. The number of ether oxygens (including phenoxy) is 1. The predicted molar refractivity (Wildman–Crippen MR) is 42.7 cm³/mol. The first-order chi connectivity index (χ1) is 6.27. The Balaban J connectivity index is 2.22. The van der Waals surface area contributed by atoms with Crippen molar-refractivity contribution in [2.24, 2.45) is 5.92 Å². The van der Waals surface area contributed by atoms with Gasteiger partial charge in [-0.25, -0.2) is 8.78 Å². The van der Waals surface area contributed by atoms with Gasteiger partial charge in [0, 0.05) is 11.5 Å². The second kappa shape index (κ2) is 2.22. The Morgan fingerprint density at radius 2 is 2.00 bits per heavy atom. The third-order valence-corrected chi connectivity index (χ3v) is 2.83. The van der Waals surface area contributed by atoms with Gasteiger partial charge in [-0.2, -0.15) is 0 Å². The van der Waals surface area contributed by atoms with E-state index >= 15 is 0 Å². The van der Waals surface area contributed by atoms with E-state index < -0.39 is 5.82 Å². The Bertz CT molecular complexity index is 375. The quantitative estimate of drug-likeness (QED) is 0.598. The highest BCUT2D eigenvalue weighted by atomic mass is 19.1. The molecule has 1 nitrogen and oxygen atoms in total. The van der Waals surface area contributed by atoms with Crippen LogP contribution in [0, 0.1) is 17.6 Å². The molecule has 3 rings (SSSR count). The maximum atomic E-state index is 13.3. The molecular formula is C10H8F2O. The molecule has 2 unspecified atom stereocenters. The van der Waals surface area contributed by atoms with Crippen LogP contribution < -0.4 is 4.74 Å². The first-order valence-corrected chi connectivity index (χ1v) is 4.38. The fourth-order valence-electron chi connectivity index (χ4n) is 2.02. The van der Waals surface area contributed by atoms with Gasteiger partial charge in [0.2, 0.25) is 0 Å². The molecule has 2 atom stereocenters. The molecule has 0 aromatic heterocycles. The molecule has 1 fully saturated rings. The molecular weight excluding hydrogens is 174 g/mol. The first kappa shape index (κ1) is 7.30. The number of hydrogen-bond donors (Lipinski definition) is 0. The lowest BCUT2D eigenvalue weighted by Gasteiger charge is -2.17. The third kappa shape index (κ3) is 0.900. The standard InChI is InChI=1S/C10H8F2O/c11-7-1-2-8(12)10-9(7)6-3-5(6)4-13-10/h1-2,5-6H,3-4H2. The highest BCUT2D eigenvalue weighted by Gasteiger charge is 2.46. The molecule has 1 saturated carbocycles. The van der Waals surface area contributed by atoms with Gasteiger partial charge < -0.3 is 4.74 Å². The average Bonchev–Trinajstić information content (AvgIpc) is 2.89. The summed E-state index contributed by atoms with van der Waals surface area (Å²) < 4.78 is 31.6. The molecule has 0 saturated heterocycles. The van der Waals surface area contributed by atoms with Crippen molar-refractivity contribution in [2.75, 3.05) is 6.61 Å². The van der Waals surface area contributed by atoms with Gasteiger partial charge in [-0.1, -0.05) is 0 Å². The summed E-state index contributed by atoms with van der Waals surface area (Å²) in [6.07, 6.45) is 0.938. The molecule has 0 N–H and O–H groups in total. The minimum absolute atomic E-state index is 0.138. The molecule has 0 bridgehead atoms. The van der Waals surface area contributed by atoms with Crippen LogP contribution in [-0.2, 0) is 0 Å². The Labute approximate surface area is 74.3 Å². The SMILES string of the molecule is Fc1ccc(F)c2c1OCC1CC21. The fourth-order valence-corrected chi connectivity index (χ4v) is 2.02. The van der Waals surface area contributed by atoms with Crippen LogP contribution in [-0.4, -0.2) is 6.61 Å². The molecule has 1 aliphatic heterocycles. The molecule has 0 radical (unpaired) electrons.